The van der Waals surface area contributed by atoms with Gasteiger partial charge in [0.25, 0.3) is 0 Å². The molecular formula is C5H5N3. The fourth-order valence-corrected chi connectivity index (χ4v) is 0.480. The van der Waals surface area contributed by atoms with Crippen LogP contribution in [0.15, 0.2) is 21.9 Å². The summed E-state index contributed by atoms with van der Waals surface area (Å²) in [7, 11) is 0. The van der Waals surface area contributed by atoms with Gasteiger partial charge in [-0.1, -0.05) is 0 Å². The van der Waals surface area contributed by atoms with Crippen molar-refractivity contribution >= 4 is 0 Å². The predicted octanol–water partition coefficient (Wildman–Crippen LogP) is 0.902. The second-order valence-corrected chi connectivity index (χ2v) is 1.46. The molecule has 0 saturated carbocycles. The first-order chi connectivity index (χ1) is 3.93. The number of azo groups is 1. The minimum Gasteiger partial charge on any atom is -0.193 e. The lowest BCUT2D eigenvalue weighted by atomic mass is 10.3. The molecule has 0 unspecified atom stereocenters. The Bertz CT molecular complexity index is 173. The Balaban J connectivity index is 2.59. The minimum atomic E-state index is 0.469. The lowest BCUT2D eigenvalue weighted by Crippen LogP contribution is -1.91. The van der Waals surface area contributed by atoms with Crippen molar-refractivity contribution in [2.24, 2.45) is 10.2 Å². The van der Waals surface area contributed by atoms with Gasteiger partial charge in [0.2, 0.25) is 0 Å². The summed E-state index contributed by atoms with van der Waals surface area (Å²) >= 11 is 0. The van der Waals surface area contributed by atoms with Gasteiger partial charge < -0.3 is 0 Å². The zero-order valence-corrected chi connectivity index (χ0v) is 4.33. The van der Waals surface area contributed by atoms with Crippen LogP contribution in [-0.4, -0.2) is 13.1 Å². The number of nitriles is 1. The first-order valence-electron chi connectivity index (χ1n) is 2.36. The summed E-state index contributed by atoms with van der Waals surface area (Å²) in [5.41, 5.74) is 0.722. The molecule has 1 rings (SSSR count). The van der Waals surface area contributed by atoms with Crippen LogP contribution in [-0.2, 0) is 0 Å². The van der Waals surface area contributed by atoms with Crippen LogP contribution in [0, 0.1) is 11.3 Å². The van der Waals surface area contributed by atoms with E-state index in [0.717, 1.165) is 5.57 Å². The molecule has 0 N–H and O–H groups in total. The lowest BCUT2D eigenvalue weighted by molar-refractivity contribution is 0.917. The van der Waals surface area contributed by atoms with Crippen LogP contribution in [0.1, 0.15) is 0 Å². The Morgan fingerprint density at radius 2 is 2.50 bits per heavy atom. The van der Waals surface area contributed by atoms with Crippen LogP contribution >= 0.6 is 0 Å². The highest BCUT2D eigenvalue weighted by molar-refractivity contribution is 5.23. The van der Waals surface area contributed by atoms with Crippen molar-refractivity contribution in [2.75, 3.05) is 13.1 Å². The highest BCUT2D eigenvalue weighted by atomic mass is 15.1. The maximum absolute atomic E-state index is 8.27. The number of nitrogens with zero attached hydrogens (tertiary/aromatic N) is 3. The van der Waals surface area contributed by atoms with E-state index in [1.165, 1.54) is 0 Å². The van der Waals surface area contributed by atoms with E-state index in [-0.39, 0.29) is 0 Å². The van der Waals surface area contributed by atoms with Crippen LogP contribution in [0.4, 0.5) is 0 Å². The molecule has 40 valence electrons. The van der Waals surface area contributed by atoms with Gasteiger partial charge in [0.1, 0.15) is 0 Å². The minimum absolute atomic E-state index is 0.469. The van der Waals surface area contributed by atoms with Gasteiger partial charge in [-0.3, -0.25) is 0 Å². The molecule has 0 saturated heterocycles. The molecule has 0 spiro atoms. The summed E-state index contributed by atoms with van der Waals surface area (Å²) in [6, 6.07) is 2.01. The van der Waals surface area contributed by atoms with Crippen molar-refractivity contribution in [1.82, 2.24) is 0 Å². The van der Waals surface area contributed by atoms with Crippen molar-refractivity contribution in [2.45, 2.75) is 0 Å². The third kappa shape index (κ3) is 0.909. The average molecular weight is 107 g/mol. The van der Waals surface area contributed by atoms with Gasteiger partial charge in [0, 0.05) is 0 Å². The molecule has 0 radical (unpaired) electrons. The molecule has 1 aliphatic heterocycles. The Hall–Kier alpha value is -1.17. The zero-order valence-electron chi connectivity index (χ0n) is 4.33. The molecule has 3 heteroatoms. The Kier molecular flexibility index (Phi) is 1.38. The first kappa shape index (κ1) is 4.98. The Morgan fingerprint density at radius 1 is 1.62 bits per heavy atom. The zero-order chi connectivity index (χ0) is 5.82. The van der Waals surface area contributed by atoms with Crippen LogP contribution in [0.25, 0.3) is 0 Å². The Morgan fingerprint density at radius 3 is 2.88 bits per heavy atom. The van der Waals surface area contributed by atoms with Gasteiger partial charge in [-0.15, -0.1) is 0 Å². The molecule has 0 aromatic heterocycles. The fourth-order valence-electron chi connectivity index (χ4n) is 0.480. The van der Waals surface area contributed by atoms with Crippen molar-refractivity contribution < 1.29 is 0 Å². The molecule has 1 heterocycles. The Labute approximate surface area is 47.3 Å². The molecule has 1 aliphatic rings. The van der Waals surface area contributed by atoms with Gasteiger partial charge in [-0.2, -0.15) is 15.5 Å². The number of rotatable bonds is 0. The van der Waals surface area contributed by atoms with Crippen LogP contribution in [0.5, 0.6) is 0 Å². The monoisotopic (exact) mass is 107 g/mol. The van der Waals surface area contributed by atoms with Gasteiger partial charge >= 0.3 is 0 Å². The standard InChI is InChI=1S/C5H5N3/c6-3-5-1-2-7-8-4-5/h1H,2,4H2. The molecule has 0 aromatic rings. The summed E-state index contributed by atoms with van der Waals surface area (Å²) in [5.74, 6) is 0. The quantitative estimate of drug-likeness (QED) is 0.453. The van der Waals surface area contributed by atoms with Crippen molar-refractivity contribution in [3.63, 3.8) is 0 Å². The third-order valence-electron chi connectivity index (χ3n) is 0.904. The maximum Gasteiger partial charge on any atom is 0.0965 e. The van der Waals surface area contributed by atoms with Gasteiger partial charge in [0.15, 0.2) is 0 Å². The lowest BCUT2D eigenvalue weighted by Gasteiger charge is -1.94. The molecule has 0 amide bonds. The van der Waals surface area contributed by atoms with E-state index in [1.54, 1.807) is 6.08 Å². The van der Waals surface area contributed by atoms with E-state index in [2.05, 4.69) is 10.2 Å². The van der Waals surface area contributed by atoms with E-state index in [0.29, 0.717) is 13.1 Å². The molecule has 8 heavy (non-hydrogen) atoms. The normalized spacial score (nSPS) is 17.1. The van der Waals surface area contributed by atoms with Gasteiger partial charge in [-0.25, -0.2) is 0 Å². The molecule has 0 atom stereocenters. The summed E-state index contributed by atoms with van der Waals surface area (Å²) in [4.78, 5) is 0. The van der Waals surface area contributed by atoms with Crippen molar-refractivity contribution in [3.8, 4) is 6.07 Å². The second-order valence-electron chi connectivity index (χ2n) is 1.46. The average Bonchev–Trinajstić information content (AvgIpc) is 1.90. The highest BCUT2D eigenvalue weighted by Gasteiger charge is 1.95. The third-order valence-corrected chi connectivity index (χ3v) is 0.904. The topological polar surface area (TPSA) is 48.5 Å². The summed E-state index contributed by atoms with van der Waals surface area (Å²) in [6.45, 7) is 1.04. The predicted molar refractivity (Wildman–Crippen MR) is 28.3 cm³/mol. The van der Waals surface area contributed by atoms with Crippen molar-refractivity contribution in [1.29, 1.82) is 5.26 Å². The van der Waals surface area contributed by atoms with E-state index in [1.807, 2.05) is 6.07 Å². The maximum atomic E-state index is 8.27. The van der Waals surface area contributed by atoms with Crippen LogP contribution < -0.4 is 0 Å². The van der Waals surface area contributed by atoms with E-state index in [9.17, 15) is 0 Å². The summed E-state index contributed by atoms with van der Waals surface area (Å²) < 4.78 is 0. The molecule has 0 aromatic carbocycles. The first-order valence-corrected chi connectivity index (χ1v) is 2.36. The molecule has 0 fully saturated rings. The molecule has 0 aliphatic carbocycles. The summed E-state index contributed by atoms with van der Waals surface area (Å²) in [6.07, 6.45) is 1.78. The highest BCUT2D eigenvalue weighted by Crippen LogP contribution is 1.98. The number of hydrogen-bond acceptors (Lipinski definition) is 3. The van der Waals surface area contributed by atoms with E-state index >= 15 is 0 Å². The van der Waals surface area contributed by atoms with E-state index in [4.69, 9.17) is 5.26 Å². The smallest absolute Gasteiger partial charge is 0.0965 e. The number of hydrogen-bond donors (Lipinski definition) is 0. The molecule has 3 nitrogen and oxygen atoms in total. The van der Waals surface area contributed by atoms with Crippen LogP contribution in [0.3, 0.4) is 0 Å². The molecular weight excluding hydrogens is 102 g/mol. The molecule has 0 bridgehead atoms. The second kappa shape index (κ2) is 2.22. The van der Waals surface area contributed by atoms with Gasteiger partial charge in [-0.05, 0) is 6.08 Å². The van der Waals surface area contributed by atoms with E-state index < -0.39 is 0 Å². The van der Waals surface area contributed by atoms with Crippen LogP contribution in [0.2, 0.25) is 0 Å². The fraction of sp³-hybridized carbons (Fsp3) is 0.400. The summed E-state index contributed by atoms with van der Waals surface area (Å²) in [5, 5.41) is 15.6. The van der Waals surface area contributed by atoms with Gasteiger partial charge in [0.05, 0.1) is 24.7 Å². The largest absolute Gasteiger partial charge is 0.193 e. The van der Waals surface area contributed by atoms with Crippen molar-refractivity contribution in [3.05, 3.63) is 11.6 Å². The SMILES string of the molecule is N#CC1=CCN=NC1.